The van der Waals surface area contributed by atoms with Gasteiger partial charge in [-0.25, -0.2) is 0 Å². The second-order valence-electron chi connectivity index (χ2n) is 3.67. The molecule has 0 amide bonds. The van der Waals surface area contributed by atoms with Crippen LogP contribution in [0.3, 0.4) is 0 Å². The molecule has 5 heteroatoms. The lowest BCUT2D eigenvalue weighted by Gasteiger charge is -2.10. The standard InChI is InChI=1S/C13H12Cl2N2O/c1-2-18-13-7-10(14)9(6-11(13)15)12-5-8(16)3-4-17-12/h3-7H,2H2,1H3,(H2,16,17). The minimum atomic E-state index is 0.500. The van der Waals surface area contributed by atoms with Gasteiger partial charge in [0.1, 0.15) is 5.75 Å². The Balaban J connectivity index is 2.49. The summed E-state index contributed by atoms with van der Waals surface area (Å²) in [6.07, 6.45) is 1.63. The van der Waals surface area contributed by atoms with Gasteiger partial charge in [0, 0.05) is 23.5 Å². The van der Waals surface area contributed by atoms with Crippen molar-refractivity contribution in [1.82, 2.24) is 4.98 Å². The van der Waals surface area contributed by atoms with Crippen molar-refractivity contribution in [2.75, 3.05) is 12.3 Å². The van der Waals surface area contributed by atoms with E-state index in [4.69, 9.17) is 33.7 Å². The molecule has 94 valence electrons. The van der Waals surface area contributed by atoms with Gasteiger partial charge in [0.25, 0.3) is 0 Å². The number of anilines is 1. The van der Waals surface area contributed by atoms with Crippen molar-refractivity contribution in [3.05, 3.63) is 40.5 Å². The molecule has 0 atom stereocenters. The molecule has 1 aromatic heterocycles. The molecule has 0 saturated carbocycles. The zero-order valence-electron chi connectivity index (χ0n) is 9.78. The summed E-state index contributed by atoms with van der Waals surface area (Å²) in [7, 11) is 0. The van der Waals surface area contributed by atoms with Gasteiger partial charge < -0.3 is 10.5 Å². The number of rotatable bonds is 3. The quantitative estimate of drug-likeness (QED) is 0.924. The second kappa shape index (κ2) is 5.46. The first kappa shape index (κ1) is 13.0. The van der Waals surface area contributed by atoms with Crippen LogP contribution in [0.15, 0.2) is 30.5 Å². The van der Waals surface area contributed by atoms with E-state index in [1.165, 1.54) is 0 Å². The number of nitrogens with two attached hydrogens (primary N) is 1. The molecule has 0 saturated heterocycles. The monoisotopic (exact) mass is 282 g/mol. The van der Waals surface area contributed by atoms with E-state index in [2.05, 4.69) is 4.98 Å². The number of nitrogen functional groups attached to an aromatic ring is 1. The summed E-state index contributed by atoms with van der Waals surface area (Å²) in [5.74, 6) is 0.566. The van der Waals surface area contributed by atoms with Gasteiger partial charge in [-0.15, -0.1) is 0 Å². The van der Waals surface area contributed by atoms with E-state index in [1.807, 2.05) is 6.92 Å². The van der Waals surface area contributed by atoms with Crippen LogP contribution in [-0.2, 0) is 0 Å². The Bertz CT molecular complexity index is 573. The topological polar surface area (TPSA) is 48.1 Å². The molecule has 0 radical (unpaired) electrons. The number of benzene rings is 1. The third-order valence-electron chi connectivity index (χ3n) is 2.38. The molecule has 0 aliphatic heterocycles. The molecule has 1 aromatic carbocycles. The highest BCUT2D eigenvalue weighted by molar-refractivity contribution is 6.36. The van der Waals surface area contributed by atoms with E-state index in [-0.39, 0.29) is 0 Å². The minimum Gasteiger partial charge on any atom is -0.492 e. The Morgan fingerprint density at radius 2 is 2.00 bits per heavy atom. The third kappa shape index (κ3) is 2.68. The molecule has 2 aromatic rings. The summed E-state index contributed by atoms with van der Waals surface area (Å²) >= 11 is 12.3. The van der Waals surface area contributed by atoms with E-state index in [0.29, 0.717) is 33.8 Å². The second-order valence-corrected chi connectivity index (χ2v) is 4.48. The maximum atomic E-state index is 6.20. The average Bonchev–Trinajstić information content (AvgIpc) is 2.33. The fourth-order valence-electron chi connectivity index (χ4n) is 1.59. The highest BCUT2D eigenvalue weighted by Crippen LogP contribution is 2.36. The first-order valence-corrected chi connectivity index (χ1v) is 6.21. The zero-order valence-corrected chi connectivity index (χ0v) is 11.3. The maximum absolute atomic E-state index is 6.20. The Labute approximate surface area is 115 Å². The molecule has 1 heterocycles. The Morgan fingerprint density at radius 1 is 1.22 bits per heavy atom. The van der Waals surface area contributed by atoms with Gasteiger partial charge in [-0.05, 0) is 25.1 Å². The van der Waals surface area contributed by atoms with E-state index < -0.39 is 0 Å². The van der Waals surface area contributed by atoms with Crippen molar-refractivity contribution in [2.24, 2.45) is 0 Å². The van der Waals surface area contributed by atoms with E-state index in [0.717, 1.165) is 5.56 Å². The van der Waals surface area contributed by atoms with Gasteiger partial charge >= 0.3 is 0 Å². The molecule has 18 heavy (non-hydrogen) atoms. The fourth-order valence-corrected chi connectivity index (χ4v) is 2.05. The molecular weight excluding hydrogens is 271 g/mol. The highest BCUT2D eigenvalue weighted by Gasteiger charge is 2.11. The minimum absolute atomic E-state index is 0.500. The lowest BCUT2D eigenvalue weighted by Crippen LogP contribution is -1.94. The number of halogens is 2. The fraction of sp³-hybridized carbons (Fsp3) is 0.154. The molecule has 0 bridgehead atoms. The van der Waals surface area contributed by atoms with Crippen molar-refractivity contribution in [3.63, 3.8) is 0 Å². The normalized spacial score (nSPS) is 10.4. The van der Waals surface area contributed by atoms with E-state index >= 15 is 0 Å². The van der Waals surface area contributed by atoms with Crippen LogP contribution in [0.1, 0.15) is 6.92 Å². The molecule has 0 aliphatic rings. The first-order valence-electron chi connectivity index (χ1n) is 5.45. The van der Waals surface area contributed by atoms with Crippen LogP contribution in [0.5, 0.6) is 5.75 Å². The maximum Gasteiger partial charge on any atom is 0.139 e. The summed E-state index contributed by atoms with van der Waals surface area (Å²) in [5.41, 5.74) is 7.77. The lowest BCUT2D eigenvalue weighted by atomic mass is 10.1. The highest BCUT2D eigenvalue weighted by atomic mass is 35.5. The van der Waals surface area contributed by atoms with Gasteiger partial charge in [-0.2, -0.15) is 0 Å². The van der Waals surface area contributed by atoms with Crippen molar-refractivity contribution in [3.8, 4) is 17.0 Å². The largest absolute Gasteiger partial charge is 0.492 e. The van der Waals surface area contributed by atoms with Crippen LogP contribution in [0.25, 0.3) is 11.3 Å². The summed E-state index contributed by atoms with van der Waals surface area (Å²) in [5, 5.41) is 1.03. The summed E-state index contributed by atoms with van der Waals surface area (Å²) < 4.78 is 5.37. The van der Waals surface area contributed by atoms with Gasteiger partial charge in [0.05, 0.1) is 22.3 Å². The van der Waals surface area contributed by atoms with Crippen molar-refractivity contribution in [2.45, 2.75) is 6.92 Å². The average molecular weight is 283 g/mol. The van der Waals surface area contributed by atoms with Crippen LogP contribution >= 0.6 is 23.2 Å². The molecule has 0 fully saturated rings. The molecule has 0 unspecified atom stereocenters. The zero-order chi connectivity index (χ0) is 13.1. The SMILES string of the molecule is CCOc1cc(Cl)c(-c2cc(N)ccn2)cc1Cl. The molecule has 3 nitrogen and oxygen atoms in total. The van der Waals surface area contributed by atoms with Crippen LogP contribution in [-0.4, -0.2) is 11.6 Å². The van der Waals surface area contributed by atoms with Gasteiger partial charge in [-0.3, -0.25) is 4.98 Å². The van der Waals surface area contributed by atoms with Gasteiger partial charge in [0.15, 0.2) is 0 Å². The predicted octanol–water partition coefficient (Wildman–Crippen LogP) is 4.04. The van der Waals surface area contributed by atoms with Crippen molar-refractivity contribution in [1.29, 1.82) is 0 Å². The number of hydrogen-bond acceptors (Lipinski definition) is 3. The van der Waals surface area contributed by atoms with Crippen LogP contribution < -0.4 is 10.5 Å². The smallest absolute Gasteiger partial charge is 0.139 e. The lowest BCUT2D eigenvalue weighted by molar-refractivity contribution is 0.340. The van der Waals surface area contributed by atoms with Crippen LogP contribution in [0.4, 0.5) is 5.69 Å². The van der Waals surface area contributed by atoms with Crippen LogP contribution in [0, 0.1) is 0 Å². The van der Waals surface area contributed by atoms with Crippen molar-refractivity contribution >= 4 is 28.9 Å². The number of nitrogens with zero attached hydrogens (tertiary/aromatic N) is 1. The Kier molecular flexibility index (Phi) is 3.94. The van der Waals surface area contributed by atoms with Gasteiger partial charge in [0.2, 0.25) is 0 Å². The molecule has 0 spiro atoms. The summed E-state index contributed by atoms with van der Waals surface area (Å²) in [6.45, 7) is 2.42. The summed E-state index contributed by atoms with van der Waals surface area (Å²) in [4.78, 5) is 4.22. The number of pyridine rings is 1. The molecular formula is C13H12Cl2N2O. The Hall–Kier alpha value is -1.45. The van der Waals surface area contributed by atoms with Gasteiger partial charge in [-0.1, -0.05) is 23.2 Å². The van der Waals surface area contributed by atoms with Crippen molar-refractivity contribution < 1.29 is 4.74 Å². The first-order chi connectivity index (χ1) is 8.61. The van der Waals surface area contributed by atoms with Crippen LogP contribution in [0.2, 0.25) is 10.0 Å². The number of hydrogen-bond donors (Lipinski definition) is 1. The van der Waals surface area contributed by atoms with E-state index in [9.17, 15) is 0 Å². The third-order valence-corrected chi connectivity index (χ3v) is 2.99. The predicted molar refractivity (Wildman–Crippen MR) is 75.3 cm³/mol. The Morgan fingerprint density at radius 3 is 2.67 bits per heavy atom. The van der Waals surface area contributed by atoms with E-state index in [1.54, 1.807) is 30.5 Å². The summed E-state index contributed by atoms with van der Waals surface area (Å²) in [6, 6.07) is 6.88. The number of aromatic nitrogens is 1. The molecule has 2 rings (SSSR count). The molecule has 0 aliphatic carbocycles. The molecule has 2 N–H and O–H groups in total. The number of ether oxygens (including phenoxy) is 1.